The monoisotopic (exact) mass is 348 g/mol. The van der Waals surface area contributed by atoms with Gasteiger partial charge in [0.1, 0.15) is 11.9 Å². The van der Waals surface area contributed by atoms with Crippen molar-refractivity contribution >= 4 is 5.69 Å². The molecule has 2 aliphatic heterocycles. The van der Waals surface area contributed by atoms with Crippen LogP contribution in [0, 0.1) is 15.5 Å². The Morgan fingerprint density at radius 3 is 2.48 bits per heavy atom. The maximum atomic E-state index is 11.3. The first kappa shape index (κ1) is 17.0. The molecule has 0 bridgehead atoms. The lowest BCUT2D eigenvalue weighted by Gasteiger charge is -2.64. The molecule has 0 amide bonds. The Hall–Kier alpha value is -1.47. The van der Waals surface area contributed by atoms with Crippen LogP contribution in [0.25, 0.3) is 0 Å². The summed E-state index contributed by atoms with van der Waals surface area (Å²) in [5.41, 5.74) is 1.48. The highest BCUT2D eigenvalue weighted by Crippen LogP contribution is 2.56. The van der Waals surface area contributed by atoms with Crippen LogP contribution in [0.15, 0.2) is 6.20 Å². The Kier molecular flexibility index (Phi) is 3.92. The zero-order valence-electron chi connectivity index (χ0n) is 15.4. The number of aromatic nitrogens is 2. The molecule has 3 aliphatic rings. The Morgan fingerprint density at radius 2 is 1.96 bits per heavy atom. The molecule has 0 radical (unpaired) electrons. The summed E-state index contributed by atoms with van der Waals surface area (Å²) < 4.78 is 7.37. The van der Waals surface area contributed by atoms with Gasteiger partial charge in [0.05, 0.1) is 11.0 Å². The maximum Gasteiger partial charge on any atom is 0.310 e. The molecule has 0 unspecified atom stereocenters. The van der Waals surface area contributed by atoms with E-state index in [-0.39, 0.29) is 16.5 Å². The summed E-state index contributed by atoms with van der Waals surface area (Å²) in [5.74, 6) is 0.0725. The molecule has 1 aliphatic carbocycles. The minimum absolute atomic E-state index is 0.0725. The van der Waals surface area contributed by atoms with Crippen molar-refractivity contribution in [1.82, 2.24) is 14.7 Å². The van der Waals surface area contributed by atoms with Gasteiger partial charge < -0.3 is 4.74 Å². The lowest BCUT2D eigenvalue weighted by molar-refractivity contribution is -0.385. The van der Waals surface area contributed by atoms with Gasteiger partial charge in [-0.1, -0.05) is 13.8 Å². The molecule has 1 aromatic heterocycles. The Morgan fingerprint density at radius 1 is 1.32 bits per heavy atom. The second kappa shape index (κ2) is 5.77. The molecular weight excluding hydrogens is 320 g/mol. The molecular formula is C18H28N4O3. The summed E-state index contributed by atoms with van der Waals surface area (Å²) in [6.45, 7) is 10.3. The summed E-state index contributed by atoms with van der Waals surface area (Å²) in [4.78, 5) is 13.6. The van der Waals surface area contributed by atoms with E-state index in [1.165, 1.54) is 0 Å². The van der Waals surface area contributed by atoms with Gasteiger partial charge in [-0.05, 0) is 38.0 Å². The van der Waals surface area contributed by atoms with Crippen molar-refractivity contribution in [1.29, 1.82) is 0 Å². The van der Waals surface area contributed by atoms with Crippen molar-refractivity contribution in [2.75, 3.05) is 26.3 Å². The SMILES string of the molecule is CC(C)c1nn(C2CC3(C2)CN(C2(C)CCOCC2)C3)cc1[N+](=O)[O-]. The second-order valence-electron chi connectivity index (χ2n) is 8.82. The predicted octanol–water partition coefficient (Wildman–Crippen LogP) is 3.12. The fraction of sp³-hybridized carbons (Fsp3) is 0.833. The summed E-state index contributed by atoms with van der Waals surface area (Å²) in [7, 11) is 0. The van der Waals surface area contributed by atoms with Crippen LogP contribution < -0.4 is 0 Å². The predicted molar refractivity (Wildman–Crippen MR) is 93.7 cm³/mol. The van der Waals surface area contributed by atoms with Crippen LogP contribution >= 0.6 is 0 Å². The van der Waals surface area contributed by atoms with Gasteiger partial charge in [0.15, 0.2) is 0 Å². The highest BCUT2D eigenvalue weighted by molar-refractivity contribution is 5.35. The molecule has 1 spiro atoms. The molecule has 138 valence electrons. The van der Waals surface area contributed by atoms with Crippen molar-refractivity contribution in [3.63, 3.8) is 0 Å². The fourth-order valence-electron chi connectivity index (χ4n) is 4.79. The average molecular weight is 348 g/mol. The standard InChI is InChI=1S/C18H28N4O3/c1-13(2)16-15(22(23)24)10-21(19-16)14-8-18(9-14)11-20(12-18)17(3)4-6-25-7-5-17/h10,13-14H,4-9,11-12H2,1-3H3. The van der Waals surface area contributed by atoms with E-state index in [1.54, 1.807) is 6.20 Å². The summed E-state index contributed by atoms with van der Waals surface area (Å²) in [5, 5.41) is 15.8. The lowest BCUT2D eigenvalue weighted by Crippen LogP contribution is -2.69. The first-order valence-electron chi connectivity index (χ1n) is 9.38. The zero-order chi connectivity index (χ0) is 17.8. The smallest absolute Gasteiger partial charge is 0.310 e. The molecule has 0 aromatic carbocycles. The number of hydrogen-bond acceptors (Lipinski definition) is 5. The third-order valence-electron chi connectivity index (χ3n) is 6.58. The quantitative estimate of drug-likeness (QED) is 0.617. The van der Waals surface area contributed by atoms with E-state index in [9.17, 15) is 10.1 Å². The van der Waals surface area contributed by atoms with Gasteiger partial charge in [0, 0.05) is 37.8 Å². The van der Waals surface area contributed by atoms with Gasteiger partial charge in [-0.3, -0.25) is 19.7 Å². The van der Waals surface area contributed by atoms with Crippen LogP contribution in [0.5, 0.6) is 0 Å². The third-order valence-corrected chi connectivity index (χ3v) is 6.58. The molecule has 0 N–H and O–H groups in total. The van der Waals surface area contributed by atoms with Crippen LogP contribution in [-0.4, -0.2) is 51.4 Å². The average Bonchev–Trinajstić information content (AvgIpc) is 2.90. The summed E-state index contributed by atoms with van der Waals surface area (Å²) in [6.07, 6.45) is 6.06. The first-order chi connectivity index (χ1) is 11.8. The van der Waals surface area contributed by atoms with Crippen molar-refractivity contribution in [3.8, 4) is 0 Å². The van der Waals surface area contributed by atoms with Crippen LogP contribution in [0.2, 0.25) is 0 Å². The molecule has 1 saturated carbocycles. The number of nitro groups is 1. The van der Waals surface area contributed by atoms with Gasteiger partial charge in [-0.2, -0.15) is 5.10 Å². The second-order valence-corrected chi connectivity index (χ2v) is 8.82. The molecule has 1 aromatic rings. The van der Waals surface area contributed by atoms with Crippen LogP contribution in [0.4, 0.5) is 5.69 Å². The maximum absolute atomic E-state index is 11.3. The zero-order valence-corrected chi connectivity index (χ0v) is 15.4. The minimum Gasteiger partial charge on any atom is -0.381 e. The highest BCUT2D eigenvalue weighted by atomic mass is 16.6. The number of hydrogen-bond donors (Lipinski definition) is 0. The molecule has 3 fully saturated rings. The third kappa shape index (κ3) is 2.77. The Labute approximate surface area is 148 Å². The normalized spacial score (nSPS) is 25.8. The molecule has 3 heterocycles. The minimum atomic E-state index is -0.301. The summed E-state index contributed by atoms with van der Waals surface area (Å²) >= 11 is 0. The first-order valence-corrected chi connectivity index (χ1v) is 9.38. The number of nitrogens with zero attached hydrogens (tertiary/aromatic N) is 4. The van der Waals surface area contributed by atoms with Crippen molar-refractivity contribution in [2.24, 2.45) is 5.41 Å². The van der Waals surface area contributed by atoms with Crippen molar-refractivity contribution < 1.29 is 9.66 Å². The van der Waals surface area contributed by atoms with Gasteiger partial charge >= 0.3 is 5.69 Å². The van der Waals surface area contributed by atoms with E-state index >= 15 is 0 Å². The summed E-state index contributed by atoms with van der Waals surface area (Å²) in [6, 6.07) is 0.316. The van der Waals surface area contributed by atoms with E-state index < -0.39 is 0 Å². The number of likely N-dealkylation sites (tertiary alicyclic amines) is 1. The highest BCUT2D eigenvalue weighted by Gasteiger charge is 2.56. The fourth-order valence-corrected chi connectivity index (χ4v) is 4.79. The largest absolute Gasteiger partial charge is 0.381 e. The molecule has 2 saturated heterocycles. The Bertz CT molecular complexity index is 664. The van der Waals surface area contributed by atoms with Crippen molar-refractivity contribution in [3.05, 3.63) is 22.0 Å². The number of rotatable bonds is 4. The van der Waals surface area contributed by atoms with Gasteiger partial charge in [-0.15, -0.1) is 0 Å². The molecule has 7 heteroatoms. The van der Waals surface area contributed by atoms with Gasteiger partial charge in [-0.25, -0.2) is 0 Å². The van der Waals surface area contributed by atoms with Crippen LogP contribution in [0.3, 0.4) is 0 Å². The van der Waals surface area contributed by atoms with Crippen LogP contribution in [-0.2, 0) is 4.74 Å². The Balaban J connectivity index is 1.39. The van der Waals surface area contributed by atoms with Gasteiger partial charge in [0.25, 0.3) is 0 Å². The van der Waals surface area contributed by atoms with E-state index in [2.05, 4.69) is 16.9 Å². The number of ether oxygens (including phenoxy) is 1. The van der Waals surface area contributed by atoms with E-state index in [0.717, 1.165) is 52.0 Å². The van der Waals surface area contributed by atoms with Crippen molar-refractivity contribution in [2.45, 2.75) is 64.0 Å². The van der Waals surface area contributed by atoms with E-state index in [0.29, 0.717) is 22.7 Å². The molecule has 0 atom stereocenters. The van der Waals surface area contributed by atoms with E-state index in [1.807, 2.05) is 18.5 Å². The lowest BCUT2D eigenvalue weighted by atomic mass is 9.59. The van der Waals surface area contributed by atoms with E-state index in [4.69, 9.17) is 4.74 Å². The van der Waals surface area contributed by atoms with Gasteiger partial charge in [0.2, 0.25) is 0 Å². The topological polar surface area (TPSA) is 73.4 Å². The molecule has 7 nitrogen and oxygen atoms in total. The molecule has 4 rings (SSSR count). The van der Waals surface area contributed by atoms with Crippen LogP contribution in [0.1, 0.15) is 64.1 Å². The molecule has 25 heavy (non-hydrogen) atoms.